The van der Waals surface area contributed by atoms with Crippen molar-refractivity contribution in [2.45, 2.75) is 25.7 Å². The lowest BCUT2D eigenvalue weighted by Gasteiger charge is -2.22. The number of rotatable bonds is 5. The van der Waals surface area contributed by atoms with Crippen LogP contribution in [0.3, 0.4) is 0 Å². The third-order valence-corrected chi connectivity index (χ3v) is 4.60. The molecule has 0 bridgehead atoms. The summed E-state index contributed by atoms with van der Waals surface area (Å²) in [6.07, 6.45) is 4.12. The van der Waals surface area contributed by atoms with Crippen LogP contribution in [0.25, 0.3) is 0 Å². The molecule has 2 N–H and O–H groups in total. The molecule has 2 heterocycles. The molecule has 2 aliphatic heterocycles. The lowest BCUT2D eigenvalue weighted by molar-refractivity contribution is -0.125. The van der Waals surface area contributed by atoms with Gasteiger partial charge in [0.05, 0.1) is 0 Å². The predicted molar refractivity (Wildman–Crippen MR) is 85.6 cm³/mol. The highest BCUT2D eigenvalue weighted by molar-refractivity contribution is 5.78. The van der Waals surface area contributed by atoms with E-state index >= 15 is 0 Å². The van der Waals surface area contributed by atoms with E-state index < -0.39 is 0 Å². The SMILES string of the molecule is O=C(NCCCN1CCc2ccccc21)C1CCNCC1. The number of carbonyl (C=O) groups excluding carboxylic acids is 1. The molecular weight excluding hydrogens is 262 g/mol. The Morgan fingerprint density at radius 2 is 2.10 bits per heavy atom. The molecule has 1 fully saturated rings. The van der Waals surface area contributed by atoms with Crippen molar-refractivity contribution < 1.29 is 4.79 Å². The molecule has 2 aliphatic rings. The van der Waals surface area contributed by atoms with Crippen LogP contribution >= 0.6 is 0 Å². The van der Waals surface area contributed by atoms with Crippen LogP contribution in [0.15, 0.2) is 24.3 Å². The number of benzene rings is 1. The fourth-order valence-corrected chi connectivity index (χ4v) is 3.35. The molecule has 1 aromatic carbocycles. The molecule has 4 heteroatoms. The fourth-order valence-electron chi connectivity index (χ4n) is 3.35. The molecule has 1 aromatic rings. The number of amides is 1. The van der Waals surface area contributed by atoms with Gasteiger partial charge in [0.15, 0.2) is 0 Å². The van der Waals surface area contributed by atoms with Crippen LogP contribution in [0.4, 0.5) is 5.69 Å². The zero-order valence-corrected chi connectivity index (χ0v) is 12.6. The van der Waals surface area contributed by atoms with Crippen LogP contribution in [0.5, 0.6) is 0 Å². The molecule has 3 rings (SSSR count). The molecule has 1 amide bonds. The average Bonchev–Trinajstić information content (AvgIpc) is 2.95. The number of nitrogens with one attached hydrogen (secondary N) is 2. The Balaban J connectivity index is 1.38. The maximum absolute atomic E-state index is 12.0. The Labute approximate surface area is 126 Å². The number of carbonyl (C=O) groups is 1. The lowest BCUT2D eigenvalue weighted by atomic mass is 9.97. The van der Waals surface area contributed by atoms with Gasteiger partial charge in [-0.15, -0.1) is 0 Å². The Hall–Kier alpha value is -1.55. The minimum absolute atomic E-state index is 0.221. The van der Waals surface area contributed by atoms with Crippen molar-refractivity contribution in [3.8, 4) is 0 Å². The van der Waals surface area contributed by atoms with Gasteiger partial charge in [0, 0.05) is 31.2 Å². The monoisotopic (exact) mass is 287 g/mol. The highest BCUT2D eigenvalue weighted by Crippen LogP contribution is 2.27. The van der Waals surface area contributed by atoms with E-state index in [0.29, 0.717) is 0 Å². The maximum Gasteiger partial charge on any atom is 0.223 e. The van der Waals surface area contributed by atoms with Crippen molar-refractivity contribution in [3.63, 3.8) is 0 Å². The summed E-state index contributed by atoms with van der Waals surface area (Å²) in [5, 5.41) is 6.40. The highest BCUT2D eigenvalue weighted by atomic mass is 16.1. The second kappa shape index (κ2) is 6.94. The van der Waals surface area contributed by atoms with Crippen LogP contribution in [0, 0.1) is 5.92 Å². The van der Waals surface area contributed by atoms with Gasteiger partial charge < -0.3 is 15.5 Å². The summed E-state index contributed by atoms with van der Waals surface area (Å²) in [6.45, 7) is 4.89. The molecule has 21 heavy (non-hydrogen) atoms. The zero-order chi connectivity index (χ0) is 14.5. The lowest BCUT2D eigenvalue weighted by Crippen LogP contribution is -2.39. The van der Waals surface area contributed by atoms with Gasteiger partial charge in [-0.25, -0.2) is 0 Å². The van der Waals surface area contributed by atoms with E-state index in [1.54, 1.807) is 0 Å². The number of piperidine rings is 1. The maximum atomic E-state index is 12.0. The normalized spacial score (nSPS) is 18.6. The quantitative estimate of drug-likeness (QED) is 0.808. The highest BCUT2D eigenvalue weighted by Gasteiger charge is 2.21. The second-order valence-electron chi connectivity index (χ2n) is 6.03. The van der Waals surface area contributed by atoms with Gasteiger partial charge >= 0.3 is 0 Å². The summed E-state index contributed by atoms with van der Waals surface area (Å²) in [5.41, 5.74) is 2.83. The first kappa shape index (κ1) is 14.4. The predicted octanol–water partition coefficient (Wildman–Crippen LogP) is 1.55. The van der Waals surface area contributed by atoms with E-state index in [2.05, 4.69) is 39.8 Å². The molecule has 0 saturated carbocycles. The zero-order valence-electron chi connectivity index (χ0n) is 12.6. The van der Waals surface area contributed by atoms with E-state index in [1.165, 1.54) is 11.3 Å². The Kier molecular flexibility index (Phi) is 4.76. The molecule has 0 atom stereocenters. The Bertz CT molecular complexity index is 483. The summed E-state index contributed by atoms with van der Waals surface area (Å²) < 4.78 is 0. The van der Waals surface area contributed by atoms with Crippen LogP contribution in [-0.2, 0) is 11.2 Å². The minimum atomic E-state index is 0.221. The average molecular weight is 287 g/mol. The van der Waals surface area contributed by atoms with Gasteiger partial charge in [-0.1, -0.05) is 18.2 Å². The van der Waals surface area contributed by atoms with Crippen molar-refractivity contribution in [1.29, 1.82) is 0 Å². The van der Waals surface area contributed by atoms with Crippen molar-refractivity contribution in [2.24, 2.45) is 5.92 Å². The van der Waals surface area contributed by atoms with Crippen LogP contribution in [0.2, 0.25) is 0 Å². The van der Waals surface area contributed by atoms with Crippen LogP contribution < -0.4 is 15.5 Å². The van der Waals surface area contributed by atoms with Crippen molar-refractivity contribution >= 4 is 11.6 Å². The molecule has 114 valence electrons. The smallest absolute Gasteiger partial charge is 0.223 e. The molecule has 4 nitrogen and oxygen atoms in total. The fraction of sp³-hybridized carbons (Fsp3) is 0.588. The largest absolute Gasteiger partial charge is 0.371 e. The van der Waals surface area contributed by atoms with Crippen LogP contribution in [-0.4, -0.2) is 38.6 Å². The van der Waals surface area contributed by atoms with Gasteiger partial charge in [-0.3, -0.25) is 4.79 Å². The molecule has 0 spiro atoms. The van der Waals surface area contributed by atoms with Crippen molar-refractivity contribution in [2.75, 3.05) is 37.6 Å². The summed E-state index contributed by atoms with van der Waals surface area (Å²) in [6, 6.07) is 8.64. The first-order valence-corrected chi connectivity index (χ1v) is 8.16. The topological polar surface area (TPSA) is 44.4 Å². The molecule has 0 aromatic heterocycles. The molecular formula is C17H25N3O. The third kappa shape index (κ3) is 3.56. The van der Waals surface area contributed by atoms with E-state index in [1.807, 2.05) is 0 Å². The summed E-state index contributed by atoms with van der Waals surface area (Å²) >= 11 is 0. The summed E-state index contributed by atoms with van der Waals surface area (Å²) in [4.78, 5) is 14.5. The molecule has 0 radical (unpaired) electrons. The molecule has 1 saturated heterocycles. The van der Waals surface area contributed by atoms with Crippen molar-refractivity contribution in [3.05, 3.63) is 29.8 Å². The van der Waals surface area contributed by atoms with Gasteiger partial charge in [0.1, 0.15) is 0 Å². The standard InChI is InChI=1S/C17H25N3O/c21-17(15-6-10-18-11-7-15)19-9-3-12-20-13-8-14-4-1-2-5-16(14)20/h1-2,4-5,15,18H,3,6-13H2,(H,19,21). The Morgan fingerprint density at radius 1 is 1.29 bits per heavy atom. The number of hydrogen-bond donors (Lipinski definition) is 2. The number of nitrogens with zero attached hydrogens (tertiary/aromatic N) is 1. The van der Waals surface area contributed by atoms with E-state index in [4.69, 9.17) is 0 Å². The Morgan fingerprint density at radius 3 is 2.95 bits per heavy atom. The molecule has 0 aliphatic carbocycles. The van der Waals surface area contributed by atoms with Gasteiger partial charge in [-0.05, 0) is 50.4 Å². The first-order chi connectivity index (χ1) is 10.3. The first-order valence-electron chi connectivity index (χ1n) is 8.16. The number of anilines is 1. The summed E-state index contributed by atoms with van der Waals surface area (Å²) in [7, 11) is 0. The van der Waals surface area contributed by atoms with E-state index in [0.717, 1.165) is 58.4 Å². The van der Waals surface area contributed by atoms with Crippen LogP contribution in [0.1, 0.15) is 24.8 Å². The van der Waals surface area contributed by atoms with Gasteiger partial charge in [-0.2, -0.15) is 0 Å². The van der Waals surface area contributed by atoms with E-state index in [9.17, 15) is 4.79 Å². The van der Waals surface area contributed by atoms with Crippen molar-refractivity contribution in [1.82, 2.24) is 10.6 Å². The third-order valence-electron chi connectivity index (χ3n) is 4.60. The summed E-state index contributed by atoms with van der Waals surface area (Å²) in [5.74, 6) is 0.470. The number of fused-ring (bicyclic) bond motifs is 1. The van der Waals surface area contributed by atoms with E-state index in [-0.39, 0.29) is 11.8 Å². The van der Waals surface area contributed by atoms with Gasteiger partial charge in [0.2, 0.25) is 5.91 Å². The minimum Gasteiger partial charge on any atom is -0.371 e. The van der Waals surface area contributed by atoms with Gasteiger partial charge in [0.25, 0.3) is 0 Å². The number of hydrogen-bond acceptors (Lipinski definition) is 3. The number of para-hydroxylation sites is 1. The molecule has 0 unspecified atom stereocenters. The second-order valence-corrected chi connectivity index (χ2v) is 6.03.